The van der Waals surface area contributed by atoms with E-state index in [2.05, 4.69) is 52.2 Å². The summed E-state index contributed by atoms with van der Waals surface area (Å²) in [5.41, 5.74) is 1.70. The zero-order valence-electron chi connectivity index (χ0n) is 13.9. The summed E-state index contributed by atoms with van der Waals surface area (Å²) in [4.78, 5) is 4.88. The molecule has 1 unspecified atom stereocenters. The number of rotatable bonds is 6. The molecule has 0 amide bonds. The molecule has 1 fully saturated rings. The van der Waals surface area contributed by atoms with E-state index in [4.69, 9.17) is 4.98 Å². The summed E-state index contributed by atoms with van der Waals surface area (Å²) in [6, 6.07) is 0.787. The summed E-state index contributed by atoms with van der Waals surface area (Å²) in [7, 11) is 0. The topological polar surface area (TPSA) is 24.9 Å². The number of aromatic nitrogens is 1. The molecule has 0 radical (unpaired) electrons. The summed E-state index contributed by atoms with van der Waals surface area (Å²) in [6.07, 6.45) is 3.81. The van der Waals surface area contributed by atoms with E-state index in [1.165, 1.54) is 23.5 Å². The molecule has 1 aromatic heterocycles. The fourth-order valence-corrected chi connectivity index (χ4v) is 3.44. The van der Waals surface area contributed by atoms with Gasteiger partial charge in [-0.3, -0.25) is 0 Å². The third-order valence-corrected chi connectivity index (χ3v) is 5.49. The lowest BCUT2D eigenvalue weighted by Crippen LogP contribution is -2.38. The van der Waals surface area contributed by atoms with Gasteiger partial charge in [-0.2, -0.15) is 0 Å². The van der Waals surface area contributed by atoms with Crippen LogP contribution in [0.15, 0.2) is 5.38 Å². The van der Waals surface area contributed by atoms with Crippen molar-refractivity contribution in [2.24, 2.45) is 11.3 Å². The van der Waals surface area contributed by atoms with Gasteiger partial charge < -0.3 is 5.32 Å². The molecule has 3 heteroatoms. The second-order valence-electron chi connectivity index (χ2n) is 8.02. The Hall–Kier alpha value is -0.410. The molecule has 1 aliphatic carbocycles. The van der Waals surface area contributed by atoms with E-state index in [9.17, 15) is 0 Å². The van der Waals surface area contributed by atoms with E-state index in [1.54, 1.807) is 0 Å². The lowest BCUT2D eigenvalue weighted by atomic mass is 9.76. The molecule has 0 spiro atoms. The van der Waals surface area contributed by atoms with Crippen molar-refractivity contribution in [3.05, 3.63) is 16.1 Å². The minimum Gasteiger partial charge on any atom is -0.313 e. The molecule has 1 heterocycles. The van der Waals surface area contributed by atoms with E-state index in [0.29, 0.717) is 11.3 Å². The maximum absolute atomic E-state index is 4.88. The van der Waals surface area contributed by atoms with E-state index in [0.717, 1.165) is 19.0 Å². The van der Waals surface area contributed by atoms with Crippen molar-refractivity contribution < 1.29 is 0 Å². The molecule has 114 valence electrons. The van der Waals surface area contributed by atoms with Gasteiger partial charge in [-0.05, 0) is 24.2 Å². The highest BCUT2D eigenvalue weighted by atomic mass is 32.1. The monoisotopic (exact) mass is 294 g/mol. The van der Waals surface area contributed by atoms with E-state index >= 15 is 0 Å². The van der Waals surface area contributed by atoms with Crippen LogP contribution < -0.4 is 5.32 Å². The Bertz CT molecular complexity index is 440. The Labute approximate surface area is 128 Å². The van der Waals surface area contributed by atoms with Crippen LogP contribution in [0, 0.1) is 11.3 Å². The molecular formula is C17H30N2S. The number of nitrogens with zero attached hydrogens (tertiary/aromatic N) is 1. The summed E-state index contributed by atoms with van der Waals surface area (Å²) in [5.74, 6) is 0.663. The molecular weight excluding hydrogens is 264 g/mol. The van der Waals surface area contributed by atoms with Crippen molar-refractivity contribution in [3.63, 3.8) is 0 Å². The van der Waals surface area contributed by atoms with Crippen LogP contribution in [0.1, 0.15) is 65.1 Å². The predicted octanol–water partition coefficient (Wildman–Crippen LogP) is 4.40. The van der Waals surface area contributed by atoms with Crippen LogP contribution in [-0.4, -0.2) is 17.6 Å². The highest BCUT2D eigenvalue weighted by molar-refractivity contribution is 7.09. The van der Waals surface area contributed by atoms with Crippen LogP contribution >= 0.6 is 11.3 Å². The normalized spacial score (nSPS) is 19.4. The van der Waals surface area contributed by atoms with Gasteiger partial charge in [0.25, 0.3) is 0 Å². The van der Waals surface area contributed by atoms with Gasteiger partial charge in [0.05, 0.1) is 10.7 Å². The molecule has 0 aromatic carbocycles. The Morgan fingerprint density at radius 3 is 2.40 bits per heavy atom. The van der Waals surface area contributed by atoms with Crippen LogP contribution in [0.5, 0.6) is 0 Å². The molecule has 20 heavy (non-hydrogen) atoms. The largest absolute Gasteiger partial charge is 0.313 e. The molecule has 1 aromatic rings. The molecule has 1 aliphatic rings. The average molecular weight is 295 g/mol. The standard InChI is InChI=1S/C17H30N2S/c1-12(2)17(6,11-18-13-7-8-13)9-15-19-14(10-20-15)16(3,4)5/h10,12-13,18H,7-9,11H2,1-6H3. The summed E-state index contributed by atoms with van der Waals surface area (Å²) in [5, 5.41) is 7.25. The first kappa shape index (κ1) is 16.0. The van der Waals surface area contributed by atoms with Crippen molar-refractivity contribution in [1.82, 2.24) is 10.3 Å². The molecule has 1 N–H and O–H groups in total. The second kappa shape index (κ2) is 5.76. The summed E-state index contributed by atoms with van der Waals surface area (Å²) in [6.45, 7) is 14.9. The summed E-state index contributed by atoms with van der Waals surface area (Å²) >= 11 is 1.83. The molecule has 2 nitrogen and oxygen atoms in total. The van der Waals surface area contributed by atoms with Gasteiger partial charge in [0.1, 0.15) is 0 Å². The maximum Gasteiger partial charge on any atom is 0.0934 e. The lowest BCUT2D eigenvalue weighted by molar-refractivity contribution is 0.206. The number of nitrogens with one attached hydrogen (secondary N) is 1. The van der Waals surface area contributed by atoms with Crippen LogP contribution in [0.25, 0.3) is 0 Å². The third kappa shape index (κ3) is 4.05. The van der Waals surface area contributed by atoms with Gasteiger partial charge in [-0.25, -0.2) is 4.98 Å². The molecule has 2 rings (SSSR count). The zero-order valence-corrected chi connectivity index (χ0v) is 14.7. The lowest BCUT2D eigenvalue weighted by Gasteiger charge is -2.33. The van der Waals surface area contributed by atoms with Crippen LogP contribution in [0.3, 0.4) is 0 Å². The molecule has 0 saturated heterocycles. The van der Waals surface area contributed by atoms with Crippen LogP contribution in [0.4, 0.5) is 0 Å². The first-order chi connectivity index (χ1) is 9.21. The van der Waals surface area contributed by atoms with Gasteiger partial charge in [-0.15, -0.1) is 11.3 Å². The molecule has 1 atom stereocenters. The SMILES string of the molecule is CC(C)C(C)(CNC1CC1)Cc1nc(C(C)(C)C)cs1. The Balaban J connectivity index is 2.04. The van der Waals surface area contributed by atoms with E-state index in [1.807, 2.05) is 11.3 Å². The van der Waals surface area contributed by atoms with Crippen molar-refractivity contribution >= 4 is 11.3 Å². The number of hydrogen-bond acceptors (Lipinski definition) is 3. The summed E-state index contributed by atoms with van der Waals surface area (Å²) < 4.78 is 0. The minimum absolute atomic E-state index is 0.162. The number of hydrogen-bond donors (Lipinski definition) is 1. The third-order valence-electron chi connectivity index (χ3n) is 4.64. The Morgan fingerprint density at radius 1 is 1.30 bits per heavy atom. The highest BCUT2D eigenvalue weighted by Crippen LogP contribution is 2.34. The maximum atomic E-state index is 4.88. The Morgan fingerprint density at radius 2 is 1.95 bits per heavy atom. The van der Waals surface area contributed by atoms with Crippen LogP contribution in [0.2, 0.25) is 0 Å². The van der Waals surface area contributed by atoms with Gasteiger partial charge >= 0.3 is 0 Å². The number of thiazole rings is 1. The van der Waals surface area contributed by atoms with Gasteiger partial charge in [-0.1, -0.05) is 41.5 Å². The highest BCUT2D eigenvalue weighted by Gasteiger charge is 2.32. The minimum atomic E-state index is 0.162. The predicted molar refractivity (Wildman–Crippen MR) is 88.5 cm³/mol. The fourth-order valence-electron chi connectivity index (χ4n) is 2.22. The molecule has 0 aliphatic heterocycles. The second-order valence-corrected chi connectivity index (χ2v) is 8.96. The van der Waals surface area contributed by atoms with Crippen molar-refractivity contribution in [1.29, 1.82) is 0 Å². The average Bonchev–Trinajstić information content (AvgIpc) is 3.04. The van der Waals surface area contributed by atoms with Crippen molar-refractivity contribution in [2.45, 2.75) is 72.3 Å². The first-order valence-electron chi connectivity index (χ1n) is 7.89. The van der Waals surface area contributed by atoms with E-state index < -0.39 is 0 Å². The van der Waals surface area contributed by atoms with Gasteiger partial charge in [0.2, 0.25) is 0 Å². The quantitative estimate of drug-likeness (QED) is 0.841. The first-order valence-corrected chi connectivity index (χ1v) is 8.77. The molecule has 0 bridgehead atoms. The van der Waals surface area contributed by atoms with Crippen molar-refractivity contribution in [2.75, 3.05) is 6.54 Å². The van der Waals surface area contributed by atoms with Gasteiger partial charge in [0, 0.05) is 29.8 Å². The smallest absolute Gasteiger partial charge is 0.0934 e. The van der Waals surface area contributed by atoms with E-state index in [-0.39, 0.29) is 5.41 Å². The zero-order chi connectivity index (χ0) is 15.0. The fraction of sp³-hybridized carbons (Fsp3) is 0.824. The van der Waals surface area contributed by atoms with Gasteiger partial charge in [0.15, 0.2) is 0 Å². The van der Waals surface area contributed by atoms with Crippen LogP contribution in [-0.2, 0) is 11.8 Å². The Kier molecular flexibility index (Phi) is 4.60. The molecule has 1 saturated carbocycles. The van der Waals surface area contributed by atoms with Crippen molar-refractivity contribution in [3.8, 4) is 0 Å².